The fraction of sp³-hybridized carbons (Fsp3) is 0.476. The van der Waals surface area contributed by atoms with Gasteiger partial charge < -0.3 is 9.88 Å². The highest BCUT2D eigenvalue weighted by Gasteiger charge is 2.24. The van der Waals surface area contributed by atoms with E-state index in [1.165, 1.54) is 37.8 Å². The van der Waals surface area contributed by atoms with Crippen LogP contribution in [0.1, 0.15) is 78.7 Å². The minimum absolute atomic E-state index is 0.0506. The first-order valence-corrected chi connectivity index (χ1v) is 9.85. The van der Waals surface area contributed by atoms with Gasteiger partial charge >= 0.3 is 0 Å². The number of nitrogens with one attached hydrogen (secondary N) is 1. The van der Waals surface area contributed by atoms with Gasteiger partial charge in [0.05, 0.1) is 11.6 Å². The first-order chi connectivity index (χ1) is 13.1. The number of carbonyl (C=O) groups is 1. The molecule has 1 N–H and O–H groups in total. The molecule has 3 aromatic heterocycles. The van der Waals surface area contributed by atoms with Crippen LogP contribution in [0.15, 0.2) is 30.5 Å². The van der Waals surface area contributed by atoms with Crippen molar-refractivity contribution in [2.75, 3.05) is 0 Å². The quantitative estimate of drug-likeness (QED) is 0.755. The molecule has 1 aliphatic rings. The van der Waals surface area contributed by atoms with E-state index in [9.17, 15) is 4.79 Å². The molecule has 0 radical (unpaired) electrons. The van der Waals surface area contributed by atoms with E-state index in [0.29, 0.717) is 6.04 Å². The molecular formula is C21H27N5O. The van der Waals surface area contributed by atoms with Crippen LogP contribution in [0.25, 0.3) is 5.65 Å². The van der Waals surface area contributed by atoms with Crippen LogP contribution in [0.2, 0.25) is 0 Å². The summed E-state index contributed by atoms with van der Waals surface area (Å²) in [6, 6.07) is 8.09. The predicted octanol–water partition coefficient (Wildman–Crippen LogP) is 4.14. The Morgan fingerprint density at radius 3 is 2.74 bits per heavy atom. The van der Waals surface area contributed by atoms with Crippen molar-refractivity contribution in [1.29, 1.82) is 0 Å². The van der Waals surface area contributed by atoms with Gasteiger partial charge in [0.2, 0.25) is 0 Å². The molecule has 0 aliphatic heterocycles. The Balaban J connectivity index is 1.56. The second-order valence-corrected chi connectivity index (χ2v) is 7.63. The maximum absolute atomic E-state index is 13.0. The zero-order valence-corrected chi connectivity index (χ0v) is 16.3. The van der Waals surface area contributed by atoms with Crippen molar-refractivity contribution in [3.63, 3.8) is 0 Å². The molecule has 6 heteroatoms. The van der Waals surface area contributed by atoms with E-state index in [0.717, 1.165) is 22.7 Å². The number of rotatable bonds is 4. The van der Waals surface area contributed by atoms with Crippen molar-refractivity contribution in [3.05, 3.63) is 53.2 Å². The summed E-state index contributed by atoms with van der Waals surface area (Å²) in [7, 11) is 0. The summed E-state index contributed by atoms with van der Waals surface area (Å²) in [5.74, 6) is 0.686. The van der Waals surface area contributed by atoms with Gasteiger partial charge in [0, 0.05) is 23.6 Å². The van der Waals surface area contributed by atoms with E-state index in [1.807, 2.05) is 41.8 Å². The Hall–Kier alpha value is -2.63. The van der Waals surface area contributed by atoms with Crippen LogP contribution in [-0.2, 0) is 0 Å². The predicted molar refractivity (Wildman–Crippen MR) is 105 cm³/mol. The van der Waals surface area contributed by atoms with Crippen LogP contribution >= 0.6 is 0 Å². The van der Waals surface area contributed by atoms with Crippen LogP contribution in [-0.4, -0.2) is 25.1 Å². The lowest BCUT2D eigenvalue weighted by molar-refractivity contribution is 0.0937. The molecule has 1 saturated carbocycles. The second kappa shape index (κ2) is 7.18. The molecule has 27 heavy (non-hydrogen) atoms. The van der Waals surface area contributed by atoms with Crippen molar-refractivity contribution < 1.29 is 4.79 Å². The molecule has 0 unspecified atom stereocenters. The number of amides is 1. The van der Waals surface area contributed by atoms with Gasteiger partial charge in [-0.1, -0.05) is 25.3 Å². The molecule has 0 aromatic carbocycles. The largest absolute Gasteiger partial charge is 0.345 e. The van der Waals surface area contributed by atoms with Crippen molar-refractivity contribution in [1.82, 2.24) is 24.5 Å². The summed E-state index contributed by atoms with van der Waals surface area (Å²) in [5, 5.41) is 11.5. The minimum Gasteiger partial charge on any atom is -0.345 e. The molecule has 0 saturated heterocycles. The lowest BCUT2D eigenvalue weighted by atomic mass is 9.95. The number of hydrogen-bond donors (Lipinski definition) is 1. The van der Waals surface area contributed by atoms with Crippen molar-refractivity contribution in [2.24, 2.45) is 0 Å². The Morgan fingerprint density at radius 2 is 1.96 bits per heavy atom. The van der Waals surface area contributed by atoms with Crippen molar-refractivity contribution in [3.8, 4) is 0 Å². The molecule has 1 fully saturated rings. The smallest absolute Gasteiger partial charge is 0.253 e. The van der Waals surface area contributed by atoms with Gasteiger partial charge in [0.15, 0.2) is 11.5 Å². The summed E-state index contributed by atoms with van der Waals surface area (Å²) in [5.41, 5.74) is 3.78. The average Bonchev–Trinajstić information content (AvgIpc) is 3.23. The molecule has 4 rings (SSSR count). The number of fused-ring (bicyclic) bond motifs is 1. The van der Waals surface area contributed by atoms with Gasteiger partial charge in [0.1, 0.15) is 0 Å². The van der Waals surface area contributed by atoms with Gasteiger partial charge in [-0.05, 0) is 51.8 Å². The molecule has 3 aromatic rings. The van der Waals surface area contributed by atoms with E-state index >= 15 is 0 Å². The maximum Gasteiger partial charge on any atom is 0.253 e. The number of aryl methyl sites for hydroxylation is 1. The Bertz CT molecular complexity index is 964. The molecule has 0 bridgehead atoms. The highest BCUT2D eigenvalue weighted by Crippen LogP contribution is 2.32. The van der Waals surface area contributed by atoms with Gasteiger partial charge in [-0.2, -0.15) is 0 Å². The summed E-state index contributed by atoms with van der Waals surface area (Å²) < 4.78 is 4.28. The average molecular weight is 365 g/mol. The SMILES string of the molecule is Cc1cc(C(=O)N[C@@H](C)c2nnc3ccccn23)c(C)n1C1CCCCC1. The highest BCUT2D eigenvalue weighted by atomic mass is 16.1. The number of carbonyl (C=O) groups excluding carboxylic acids is 1. The van der Waals surface area contributed by atoms with E-state index in [-0.39, 0.29) is 11.9 Å². The van der Waals surface area contributed by atoms with Crippen LogP contribution in [0.3, 0.4) is 0 Å². The Labute approximate surface area is 159 Å². The number of hydrogen-bond acceptors (Lipinski definition) is 3. The van der Waals surface area contributed by atoms with E-state index in [4.69, 9.17) is 0 Å². The minimum atomic E-state index is -0.229. The third kappa shape index (κ3) is 3.24. The first-order valence-electron chi connectivity index (χ1n) is 9.85. The van der Waals surface area contributed by atoms with E-state index < -0.39 is 0 Å². The van der Waals surface area contributed by atoms with Crippen LogP contribution < -0.4 is 5.32 Å². The summed E-state index contributed by atoms with van der Waals surface area (Å²) >= 11 is 0. The lowest BCUT2D eigenvalue weighted by Gasteiger charge is -2.26. The second-order valence-electron chi connectivity index (χ2n) is 7.63. The zero-order valence-electron chi connectivity index (χ0n) is 16.3. The van der Waals surface area contributed by atoms with Crippen LogP contribution in [0.4, 0.5) is 0 Å². The monoisotopic (exact) mass is 365 g/mol. The number of nitrogens with zero attached hydrogens (tertiary/aromatic N) is 4. The van der Waals surface area contributed by atoms with Gasteiger partial charge in [0.25, 0.3) is 5.91 Å². The van der Waals surface area contributed by atoms with Gasteiger partial charge in [-0.25, -0.2) is 0 Å². The fourth-order valence-electron chi connectivity index (χ4n) is 4.40. The summed E-state index contributed by atoms with van der Waals surface area (Å²) in [6.07, 6.45) is 8.22. The van der Waals surface area contributed by atoms with Crippen molar-refractivity contribution >= 4 is 11.6 Å². The number of aromatic nitrogens is 4. The van der Waals surface area contributed by atoms with E-state index in [1.54, 1.807) is 0 Å². The molecule has 1 aliphatic carbocycles. The van der Waals surface area contributed by atoms with Crippen LogP contribution in [0, 0.1) is 13.8 Å². The van der Waals surface area contributed by atoms with Crippen LogP contribution in [0.5, 0.6) is 0 Å². The fourth-order valence-corrected chi connectivity index (χ4v) is 4.40. The number of pyridine rings is 1. The molecule has 1 atom stereocenters. The normalized spacial score (nSPS) is 16.6. The molecule has 142 valence electrons. The molecule has 1 amide bonds. The topological polar surface area (TPSA) is 64.2 Å². The third-order valence-electron chi connectivity index (χ3n) is 5.74. The van der Waals surface area contributed by atoms with Crippen molar-refractivity contribution in [2.45, 2.75) is 65.0 Å². The Morgan fingerprint density at radius 1 is 1.19 bits per heavy atom. The summed E-state index contributed by atoms with van der Waals surface area (Å²) in [4.78, 5) is 13.0. The zero-order chi connectivity index (χ0) is 19.0. The highest BCUT2D eigenvalue weighted by molar-refractivity contribution is 5.96. The molecular weight excluding hydrogens is 338 g/mol. The Kier molecular flexibility index (Phi) is 4.72. The lowest BCUT2D eigenvalue weighted by Crippen LogP contribution is -2.28. The standard InChI is InChI=1S/C21H27N5O/c1-14-13-18(16(3)26(14)17-9-5-4-6-10-17)21(27)22-15(2)20-24-23-19-11-7-8-12-25(19)20/h7-8,11-13,15,17H,4-6,9-10H2,1-3H3,(H,22,27)/t15-/m0/s1. The van der Waals surface area contributed by atoms with E-state index in [2.05, 4.69) is 33.9 Å². The molecule has 6 nitrogen and oxygen atoms in total. The van der Waals surface area contributed by atoms with Gasteiger partial charge in [-0.3, -0.25) is 9.20 Å². The molecule has 3 heterocycles. The third-order valence-corrected chi connectivity index (χ3v) is 5.74. The summed E-state index contributed by atoms with van der Waals surface area (Å²) in [6.45, 7) is 6.11. The maximum atomic E-state index is 13.0. The molecule has 0 spiro atoms. The first kappa shape index (κ1) is 17.8. The van der Waals surface area contributed by atoms with Gasteiger partial charge in [-0.15, -0.1) is 10.2 Å².